The van der Waals surface area contributed by atoms with Crippen molar-refractivity contribution in [3.63, 3.8) is 0 Å². The predicted octanol–water partition coefficient (Wildman–Crippen LogP) is 5.36. The Bertz CT molecular complexity index is 1070. The second-order valence-corrected chi connectivity index (χ2v) is 6.01. The molecule has 0 spiro atoms. The van der Waals surface area contributed by atoms with E-state index in [1.54, 1.807) is 6.07 Å². The molecule has 4 rings (SSSR count). The maximum Gasteiger partial charge on any atom is 0.338 e. The molecule has 0 atom stereocenters. The molecule has 26 heavy (non-hydrogen) atoms. The molecular formula is C23H17NO2. The third kappa shape index (κ3) is 2.95. The molecule has 0 aliphatic rings. The largest absolute Gasteiger partial charge is 0.465 e. The Morgan fingerprint density at radius 3 is 2.12 bits per heavy atom. The monoisotopic (exact) mass is 339 g/mol. The lowest BCUT2D eigenvalue weighted by atomic mass is 10.0. The SMILES string of the molecule is COC(=O)c1cc(-c2ccc(-c3ccccc3)cc2)nc2ccccc12. The lowest BCUT2D eigenvalue weighted by Gasteiger charge is -2.09. The number of fused-ring (bicyclic) bond motifs is 1. The van der Waals surface area contributed by atoms with Gasteiger partial charge in [-0.2, -0.15) is 0 Å². The van der Waals surface area contributed by atoms with Crippen molar-refractivity contribution in [1.82, 2.24) is 4.98 Å². The topological polar surface area (TPSA) is 39.2 Å². The van der Waals surface area contributed by atoms with E-state index in [9.17, 15) is 4.79 Å². The zero-order valence-electron chi connectivity index (χ0n) is 14.3. The van der Waals surface area contributed by atoms with Gasteiger partial charge in [-0.3, -0.25) is 0 Å². The average Bonchev–Trinajstić information content (AvgIpc) is 2.73. The van der Waals surface area contributed by atoms with Crippen molar-refractivity contribution in [2.75, 3.05) is 7.11 Å². The highest BCUT2D eigenvalue weighted by atomic mass is 16.5. The van der Waals surface area contributed by atoms with Gasteiger partial charge >= 0.3 is 5.97 Å². The van der Waals surface area contributed by atoms with Crippen LogP contribution in [0.2, 0.25) is 0 Å². The normalized spacial score (nSPS) is 10.7. The molecule has 0 radical (unpaired) electrons. The lowest BCUT2D eigenvalue weighted by molar-refractivity contribution is 0.0603. The first-order chi connectivity index (χ1) is 12.8. The summed E-state index contributed by atoms with van der Waals surface area (Å²) in [6.45, 7) is 0. The van der Waals surface area contributed by atoms with Gasteiger partial charge in [-0.05, 0) is 23.3 Å². The standard InChI is InChI=1S/C23H17NO2/c1-26-23(25)20-15-22(24-21-10-6-5-9-19(20)21)18-13-11-17(12-14-18)16-7-3-2-4-8-16/h2-15H,1H3. The van der Waals surface area contributed by atoms with Crippen LogP contribution in [0.25, 0.3) is 33.3 Å². The molecule has 0 aliphatic heterocycles. The number of nitrogens with zero attached hydrogens (tertiary/aromatic N) is 1. The quantitative estimate of drug-likeness (QED) is 0.472. The summed E-state index contributed by atoms with van der Waals surface area (Å²) in [4.78, 5) is 16.9. The molecule has 3 nitrogen and oxygen atoms in total. The van der Waals surface area contributed by atoms with Crippen LogP contribution in [0.1, 0.15) is 10.4 Å². The van der Waals surface area contributed by atoms with Gasteiger partial charge in [0.15, 0.2) is 0 Å². The molecule has 0 N–H and O–H groups in total. The maximum absolute atomic E-state index is 12.2. The third-order valence-electron chi connectivity index (χ3n) is 4.41. The third-order valence-corrected chi connectivity index (χ3v) is 4.41. The number of aromatic nitrogens is 1. The maximum atomic E-state index is 12.2. The summed E-state index contributed by atoms with van der Waals surface area (Å²) in [6, 6.07) is 27.8. The number of hydrogen-bond donors (Lipinski definition) is 0. The Morgan fingerprint density at radius 2 is 1.38 bits per heavy atom. The number of methoxy groups -OCH3 is 1. The van der Waals surface area contributed by atoms with E-state index in [4.69, 9.17) is 9.72 Å². The van der Waals surface area contributed by atoms with E-state index in [2.05, 4.69) is 24.3 Å². The second-order valence-electron chi connectivity index (χ2n) is 6.01. The number of benzene rings is 3. The van der Waals surface area contributed by atoms with Gasteiger partial charge in [0.25, 0.3) is 0 Å². The van der Waals surface area contributed by atoms with Gasteiger partial charge in [0.2, 0.25) is 0 Å². The van der Waals surface area contributed by atoms with E-state index in [1.165, 1.54) is 12.7 Å². The zero-order valence-corrected chi connectivity index (χ0v) is 14.3. The molecule has 1 heterocycles. The Kier molecular flexibility index (Phi) is 4.20. The molecule has 1 aromatic heterocycles. The summed E-state index contributed by atoms with van der Waals surface area (Å²) in [5.74, 6) is -0.356. The van der Waals surface area contributed by atoms with E-state index in [0.717, 1.165) is 27.7 Å². The fourth-order valence-corrected chi connectivity index (χ4v) is 3.07. The molecular weight excluding hydrogens is 322 g/mol. The average molecular weight is 339 g/mol. The minimum absolute atomic E-state index is 0.356. The van der Waals surface area contributed by atoms with Crippen LogP contribution in [0.5, 0.6) is 0 Å². The summed E-state index contributed by atoms with van der Waals surface area (Å²) < 4.78 is 4.95. The van der Waals surface area contributed by atoms with Gasteiger partial charge in [0.05, 0.1) is 23.9 Å². The van der Waals surface area contributed by atoms with Crippen molar-refractivity contribution in [3.8, 4) is 22.4 Å². The lowest BCUT2D eigenvalue weighted by Crippen LogP contribution is -2.03. The fourth-order valence-electron chi connectivity index (χ4n) is 3.07. The predicted molar refractivity (Wildman–Crippen MR) is 104 cm³/mol. The van der Waals surface area contributed by atoms with Gasteiger partial charge < -0.3 is 4.74 Å². The molecule has 126 valence electrons. The van der Waals surface area contributed by atoms with Gasteiger partial charge in [-0.25, -0.2) is 9.78 Å². The van der Waals surface area contributed by atoms with Crippen molar-refractivity contribution in [2.45, 2.75) is 0 Å². The number of ether oxygens (including phenoxy) is 1. The highest BCUT2D eigenvalue weighted by Gasteiger charge is 2.14. The highest BCUT2D eigenvalue weighted by Crippen LogP contribution is 2.27. The van der Waals surface area contributed by atoms with E-state index in [1.807, 2.05) is 54.6 Å². The fraction of sp³-hybridized carbons (Fsp3) is 0.0435. The van der Waals surface area contributed by atoms with Gasteiger partial charge in [-0.15, -0.1) is 0 Å². The van der Waals surface area contributed by atoms with Gasteiger partial charge in [0, 0.05) is 10.9 Å². The number of esters is 1. The van der Waals surface area contributed by atoms with Crippen LogP contribution in [0.3, 0.4) is 0 Å². The number of carbonyl (C=O) groups is 1. The smallest absolute Gasteiger partial charge is 0.338 e. The van der Waals surface area contributed by atoms with Crippen LogP contribution in [-0.4, -0.2) is 18.1 Å². The first-order valence-electron chi connectivity index (χ1n) is 8.40. The van der Waals surface area contributed by atoms with Gasteiger partial charge in [0.1, 0.15) is 0 Å². The Morgan fingerprint density at radius 1 is 0.769 bits per heavy atom. The number of carbonyl (C=O) groups excluding carboxylic acids is 1. The second kappa shape index (κ2) is 6.81. The van der Waals surface area contributed by atoms with Crippen LogP contribution in [0.4, 0.5) is 0 Å². The van der Waals surface area contributed by atoms with Crippen molar-refractivity contribution in [2.24, 2.45) is 0 Å². The van der Waals surface area contributed by atoms with Crippen LogP contribution in [-0.2, 0) is 4.74 Å². The van der Waals surface area contributed by atoms with E-state index in [0.29, 0.717) is 5.56 Å². The van der Waals surface area contributed by atoms with Crippen molar-refractivity contribution in [1.29, 1.82) is 0 Å². The van der Waals surface area contributed by atoms with Crippen LogP contribution in [0.15, 0.2) is 84.9 Å². The van der Waals surface area contributed by atoms with E-state index in [-0.39, 0.29) is 5.97 Å². The van der Waals surface area contributed by atoms with Crippen LogP contribution < -0.4 is 0 Å². The number of hydrogen-bond acceptors (Lipinski definition) is 3. The molecule has 4 aromatic rings. The molecule has 0 saturated heterocycles. The first-order valence-corrected chi connectivity index (χ1v) is 8.40. The summed E-state index contributed by atoms with van der Waals surface area (Å²) >= 11 is 0. The minimum atomic E-state index is -0.356. The summed E-state index contributed by atoms with van der Waals surface area (Å²) in [6.07, 6.45) is 0. The minimum Gasteiger partial charge on any atom is -0.465 e. The molecule has 0 bridgehead atoms. The van der Waals surface area contributed by atoms with Gasteiger partial charge in [-0.1, -0.05) is 72.8 Å². The molecule has 0 unspecified atom stereocenters. The van der Waals surface area contributed by atoms with Crippen LogP contribution >= 0.6 is 0 Å². The number of rotatable bonds is 3. The zero-order chi connectivity index (χ0) is 17.9. The molecule has 0 amide bonds. The van der Waals surface area contributed by atoms with Crippen molar-refractivity contribution in [3.05, 3.63) is 90.5 Å². The molecule has 3 aromatic carbocycles. The van der Waals surface area contributed by atoms with Crippen LogP contribution in [0, 0.1) is 0 Å². The summed E-state index contributed by atoms with van der Waals surface area (Å²) in [5, 5.41) is 0.795. The number of para-hydroxylation sites is 1. The Hall–Kier alpha value is -3.46. The van der Waals surface area contributed by atoms with Crippen molar-refractivity contribution < 1.29 is 9.53 Å². The Labute approximate surface area is 151 Å². The Balaban J connectivity index is 1.80. The van der Waals surface area contributed by atoms with E-state index < -0.39 is 0 Å². The molecule has 0 aliphatic carbocycles. The summed E-state index contributed by atoms with van der Waals surface area (Å²) in [5.41, 5.74) is 5.33. The molecule has 0 fully saturated rings. The highest BCUT2D eigenvalue weighted by molar-refractivity contribution is 6.04. The molecule has 0 saturated carbocycles. The molecule has 3 heteroatoms. The van der Waals surface area contributed by atoms with Crippen molar-refractivity contribution >= 4 is 16.9 Å². The summed E-state index contributed by atoms with van der Waals surface area (Å²) in [7, 11) is 1.39. The van der Waals surface area contributed by atoms with E-state index >= 15 is 0 Å². The number of pyridine rings is 1. The first kappa shape index (κ1) is 16.0.